The van der Waals surface area contributed by atoms with Gasteiger partial charge in [0.1, 0.15) is 24.4 Å². The Labute approximate surface area is 172 Å². The Hall–Kier alpha value is -0.460. The molecule has 1 aliphatic heterocycles. The fourth-order valence-corrected chi connectivity index (χ4v) is 3.61. The van der Waals surface area contributed by atoms with Crippen molar-refractivity contribution in [3.63, 3.8) is 0 Å². The Morgan fingerprint density at radius 2 is 1.46 bits per heavy atom. The first-order valence-electron chi connectivity index (χ1n) is 11.6. The van der Waals surface area contributed by atoms with E-state index in [9.17, 15) is 15.3 Å². The minimum Gasteiger partial charge on any atom is -0.394 e. The molecule has 0 saturated carbocycles. The molecular formula is C23H44O5. The van der Waals surface area contributed by atoms with Crippen LogP contribution in [0.3, 0.4) is 0 Å². The lowest BCUT2D eigenvalue weighted by Crippen LogP contribution is -2.42. The molecule has 0 spiro atoms. The molecule has 5 nitrogen and oxygen atoms in total. The van der Waals surface area contributed by atoms with Crippen LogP contribution >= 0.6 is 0 Å². The van der Waals surface area contributed by atoms with E-state index in [0.717, 1.165) is 12.8 Å². The number of aliphatic hydroxyl groups excluding tert-OH is 3. The summed E-state index contributed by atoms with van der Waals surface area (Å²) in [6, 6.07) is 0. The number of aliphatic hydroxyl groups is 3. The molecule has 1 fully saturated rings. The summed E-state index contributed by atoms with van der Waals surface area (Å²) < 4.78 is 11.0. The number of hydrogen-bond donors (Lipinski definition) is 3. The van der Waals surface area contributed by atoms with Crippen LogP contribution in [0.4, 0.5) is 0 Å². The Bertz CT molecular complexity index is 374. The maximum absolute atomic E-state index is 9.82. The van der Waals surface area contributed by atoms with Crippen molar-refractivity contribution in [1.82, 2.24) is 0 Å². The molecule has 1 rings (SSSR count). The smallest absolute Gasteiger partial charge is 0.114 e. The third kappa shape index (κ3) is 11.5. The third-order valence-electron chi connectivity index (χ3n) is 5.47. The number of ether oxygens (including phenoxy) is 2. The Morgan fingerprint density at radius 1 is 0.893 bits per heavy atom. The number of allylic oxidation sites excluding steroid dienone is 2. The Balaban J connectivity index is 1.88. The molecule has 1 aliphatic rings. The molecule has 4 atom stereocenters. The van der Waals surface area contributed by atoms with Crippen LogP contribution in [0.15, 0.2) is 12.2 Å². The zero-order valence-electron chi connectivity index (χ0n) is 17.9. The van der Waals surface area contributed by atoms with Crippen molar-refractivity contribution < 1.29 is 24.8 Å². The highest BCUT2D eigenvalue weighted by Crippen LogP contribution is 2.20. The maximum atomic E-state index is 9.82. The van der Waals surface area contributed by atoms with Gasteiger partial charge in [-0.15, -0.1) is 0 Å². The van der Waals surface area contributed by atoms with Crippen LogP contribution in [-0.2, 0) is 9.47 Å². The molecule has 0 radical (unpaired) electrons. The molecule has 0 bridgehead atoms. The second-order valence-electron chi connectivity index (χ2n) is 8.03. The molecule has 166 valence electrons. The first-order valence-corrected chi connectivity index (χ1v) is 11.6. The average molecular weight is 401 g/mol. The van der Waals surface area contributed by atoms with E-state index in [1.165, 1.54) is 70.6 Å². The van der Waals surface area contributed by atoms with Crippen LogP contribution in [0.1, 0.15) is 90.4 Å². The summed E-state index contributed by atoms with van der Waals surface area (Å²) in [5.41, 5.74) is 0. The van der Waals surface area contributed by atoms with Gasteiger partial charge in [0, 0.05) is 6.61 Å². The van der Waals surface area contributed by atoms with E-state index in [1.807, 2.05) is 0 Å². The zero-order chi connectivity index (χ0) is 20.5. The second kappa shape index (κ2) is 17.4. The monoisotopic (exact) mass is 400 g/mol. The molecule has 3 N–H and O–H groups in total. The highest BCUT2D eigenvalue weighted by atomic mass is 16.6. The van der Waals surface area contributed by atoms with Crippen LogP contribution in [0.5, 0.6) is 0 Å². The number of unbranched alkanes of at least 4 members (excludes halogenated alkanes) is 11. The van der Waals surface area contributed by atoms with Crippen LogP contribution < -0.4 is 0 Å². The lowest BCUT2D eigenvalue weighted by atomic mass is 10.1. The highest BCUT2D eigenvalue weighted by molar-refractivity contribution is 4.88. The largest absolute Gasteiger partial charge is 0.394 e. The summed E-state index contributed by atoms with van der Waals surface area (Å²) >= 11 is 0. The molecule has 1 saturated heterocycles. The number of rotatable bonds is 18. The van der Waals surface area contributed by atoms with Gasteiger partial charge in [0.25, 0.3) is 0 Å². The fraction of sp³-hybridized carbons (Fsp3) is 0.913. The van der Waals surface area contributed by atoms with Crippen molar-refractivity contribution in [2.45, 2.75) is 115 Å². The van der Waals surface area contributed by atoms with Gasteiger partial charge in [-0.25, -0.2) is 0 Å². The first-order chi connectivity index (χ1) is 13.7. The number of hydrogen-bond acceptors (Lipinski definition) is 5. The van der Waals surface area contributed by atoms with Crippen LogP contribution in [0.25, 0.3) is 0 Å². The first kappa shape index (κ1) is 25.6. The molecule has 0 aliphatic carbocycles. The Morgan fingerprint density at radius 3 is 2.00 bits per heavy atom. The van der Waals surface area contributed by atoms with Crippen molar-refractivity contribution in [1.29, 1.82) is 0 Å². The minimum absolute atomic E-state index is 0.0963. The van der Waals surface area contributed by atoms with E-state index in [4.69, 9.17) is 9.47 Å². The lowest BCUT2D eigenvalue weighted by Gasteiger charge is -2.24. The van der Waals surface area contributed by atoms with Gasteiger partial charge in [-0.1, -0.05) is 70.4 Å². The molecule has 5 heteroatoms. The molecule has 0 unspecified atom stereocenters. The van der Waals surface area contributed by atoms with Gasteiger partial charge < -0.3 is 24.8 Å². The Kier molecular flexibility index (Phi) is 15.9. The third-order valence-corrected chi connectivity index (χ3v) is 5.47. The molecule has 0 aromatic heterocycles. The van der Waals surface area contributed by atoms with E-state index < -0.39 is 24.4 Å². The van der Waals surface area contributed by atoms with Crippen molar-refractivity contribution in [2.75, 3.05) is 19.8 Å². The second-order valence-corrected chi connectivity index (χ2v) is 8.03. The van der Waals surface area contributed by atoms with E-state index in [2.05, 4.69) is 19.1 Å². The standard InChI is InChI=1S/C23H44O5/c1-2-3-4-5-6-7-8-9-10-11-12-13-14-15-16-17-27-21(18-24)23-22(26)20(25)19-28-23/h9-10,20-26H,2-8,11-19H2,1H3/b10-9+/t20-,21+,22+,23+/m1/s1. The maximum Gasteiger partial charge on any atom is 0.114 e. The summed E-state index contributed by atoms with van der Waals surface area (Å²) in [5, 5.41) is 28.7. The summed E-state index contributed by atoms with van der Waals surface area (Å²) in [6.07, 6.45) is 17.9. The average Bonchev–Trinajstić information content (AvgIpc) is 3.03. The summed E-state index contributed by atoms with van der Waals surface area (Å²) in [7, 11) is 0. The van der Waals surface area contributed by atoms with Crippen LogP contribution in [0.2, 0.25) is 0 Å². The van der Waals surface area contributed by atoms with E-state index >= 15 is 0 Å². The summed E-state index contributed by atoms with van der Waals surface area (Å²) in [4.78, 5) is 0. The van der Waals surface area contributed by atoms with Crippen molar-refractivity contribution in [3.05, 3.63) is 12.2 Å². The van der Waals surface area contributed by atoms with Gasteiger partial charge in [0.05, 0.1) is 13.2 Å². The highest BCUT2D eigenvalue weighted by Gasteiger charge is 2.40. The molecule has 0 aromatic rings. The minimum atomic E-state index is -0.980. The van der Waals surface area contributed by atoms with Gasteiger partial charge in [0.15, 0.2) is 0 Å². The summed E-state index contributed by atoms with van der Waals surface area (Å²) in [5.74, 6) is 0. The quantitative estimate of drug-likeness (QED) is 0.238. The zero-order valence-corrected chi connectivity index (χ0v) is 17.9. The molecule has 0 amide bonds. The van der Waals surface area contributed by atoms with Gasteiger partial charge in [0.2, 0.25) is 0 Å². The van der Waals surface area contributed by atoms with Crippen molar-refractivity contribution in [2.24, 2.45) is 0 Å². The topological polar surface area (TPSA) is 79.2 Å². The predicted molar refractivity (Wildman–Crippen MR) is 113 cm³/mol. The van der Waals surface area contributed by atoms with Crippen molar-refractivity contribution in [3.8, 4) is 0 Å². The SMILES string of the molecule is CCCCCCCC/C=C/CCCCCCCO[C@@H](CO)[C@@H]1OC[C@@H](O)[C@@H]1O. The van der Waals surface area contributed by atoms with Crippen LogP contribution in [0, 0.1) is 0 Å². The molecule has 28 heavy (non-hydrogen) atoms. The predicted octanol–water partition coefficient (Wildman–Crippen LogP) is 4.13. The normalized spacial score (nSPS) is 23.6. The van der Waals surface area contributed by atoms with Gasteiger partial charge >= 0.3 is 0 Å². The van der Waals surface area contributed by atoms with Crippen LogP contribution in [-0.4, -0.2) is 59.6 Å². The molecule has 0 aromatic carbocycles. The van der Waals surface area contributed by atoms with E-state index in [0.29, 0.717) is 6.61 Å². The van der Waals surface area contributed by atoms with E-state index in [1.54, 1.807) is 0 Å². The van der Waals surface area contributed by atoms with Gasteiger partial charge in [-0.2, -0.15) is 0 Å². The molecule has 1 heterocycles. The van der Waals surface area contributed by atoms with Gasteiger partial charge in [-0.05, 0) is 32.1 Å². The lowest BCUT2D eigenvalue weighted by molar-refractivity contribution is -0.101. The van der Waals surface area contributed by atoms with Crippen molar-refractivity contribution >= 4 is 0 Å². The molecular weight excluding hydrogens is 356 g/mol. The van der Waals surface area contributed by atoms with E-state index in [-0.39, 0.29) is 13.2 Å². The van der Waals surface area contributed by atoms with Gasteiger partial charge in [-0.3, -0.25) is 0 Å². The fourth-order valence-electron chi connectivity index (χ4n) is 3.61. The summed E-state index contributed by atoms with van der Waals surface area (Å²) in [6.45, 7) is 2.69.